The highest BCUT2D eigenvalue weighted by Gasteiger charge is 2.43. The first-order valence-electron chi connectivity index (χ1n) is 11.8. The normalized spacial score (nSPS) is 20.2. The van der Waals surface area contributed by atoms with E-state index < -0.39 is 9.84 Å². The fourth-order valence-electron chi connectivity index (χ4n) is 4.92. The van der Waals surface area contributed by atoms with Crippen molar-refractivity contribution in [3.8, 4) is 0 Å². The maximum atomic E-state index is 11.8. The molecule has 2 atom stereocenters. The van der Waals surface area contributed by atoms with E-state index in [1.807, 2.05) is 11.8 Å². The summed E-state index contributed by atoms with van der Waals surface area (Å²) in [4.78, 5) is 12.2. The van der Waals surface area contributed by atoms with E-state index in [4.69, 9.17) is 4.99 Å². The Bertz CT molecular complexity index is 1580. The summed E-state index contributed by atoms with van der Waals surface area (Å²) in [5.41, 5.74) is 5.91. The van der Waals surface area contributed by atoms with E-state index in [1.54, 1.807) is 18.2 Å². The van der Waals surface area contributed by atoms with E-state index in [0.717, 1.165) is 45.6 Å². The Morgan fingerprint density at radius 1 is 1.11 bits per heavy atom. The van der Waals surface area contributed by atoms with Crippen LogP contribution in [0.4, 0.5) is 10.8 Å². The zero-order valence-corrected chi connectivity index (χ0v) is 22.5. The highest BCUT2D eigenvalue weighted by atomic mass is 32.2. The highest BCUT2D eigenvalue weighted by Crippen LogP contribution is 2.48. The number of aromatic nitrogens is 1. The number of thioether (sulfide) groups is 1. The molecule has 1 saturated heterocycles. The number of hydrogen-bond acceptors (Lipinski definition) is 7. The van der Waals surface area contributed by atoms with Crippen molar-refractivity contribution in [1.82, 2.24) is 9.88 Å². The number of aliphatic imine (C=N–C) groups is 1. The van der Waals surface area contributed by atoms with Gasteiger partial charge in [-0.1, -0.05) is 59.5 Å². The van der Waals surface area contributed by atoms with Crippen LogP contribution < -0.4 is 5.32 Å². The van der Waals surface area contributed by atoms with Gasteiger partial charge in [0.25, 0.3) is 0 Å². The lowest BCUT2D eigenvalue weighted by molar-refractivity contribution is 0.402. The number of nitrogens with one attached hydrogen (secondary N) is 1. The summed E-state index contributed by atoms with van der Waals surface area (Å²) in [6, 6.07) is 22.7. The molecule has 1 unspecified atom stereocenters. The Hall–Kier alpha value is -2.88. The number of hydrogen-bond donors (Lipinski definition) is 1. The molecule has 36 heavy (non-hydrogen) atoms. The monoisotopic (exact) mass is 534 g/mol. The minimum absolute atomic E-state index is 0.323. The van der Waals surface area contributed by atoms with Crippen molar-refractivity contribution >= 4 is 59.1 Å². The summed E-state index contributed by atoms with van der Waals surface area (Å²) in [5.74, 6) is 0. The van der Waals surface area contributed by atoms with E-state index in [-0.39, 0.29) is 0 Å². The number of sulfone groups is 1. The minimum atomic E-state index is -3.22. The number of fused-ring (bicyclic) bond motifs is 4. The molecular formula is C27H26N4O2S3. The molecule has 1 aromatic heterocycles. The van der Waals surface area contributed by atoms with Gasteiger partial charge in [0.2, 0.25) is 0 Å². The Kier molecular flexibility index (Phi) is 6.02. The molecule has 6 nitrogen and oxygen atoms in total. The number of nitrogens with zero attached hydrogens (tertiary/aromatic N) is 3. The van der Waals surface area contributed by atoms with Crippen LogP contribution >= 0.6 is 23.1 Å². The maximum absolute atomic E-state index is 11.8. The molecule has 1 N–H and O–H groups in total. The second-order valence-electron chi connectivity index (χ2n) is 9.27. The first kappa shape index (κ1) is 23.5. The van der Waals surface area contributed by atoms with Gasteiger partial charge >= 0.3 is 0 Å². The molecule has 0 spiro atoms. The SMILES string of the molecule is CN1C(=Nc2ccc(CCNc3nc4ccc(S(C)(=O)=O)cc4s3)cc2)SC2Cc3ccccc3[C@@H]21. The van der Waals surface area contributed by atoms with Gasteiger partial charge in [-0.05, 0) is 59.9 Å². The van der Waals surface area contributed by atoms with Crippen LogP contribution in [0.1, 0.15) is 22.7 Å². The van der Waals surface area contributed by atoms with Gasteiger partial charge in [-0.25, -0.2) is 18.4 Å². The molecule has 1 aliphatic carbocycles. The van der Waals surface area contributed by atoms with Crippen LogP contribution in [0, 0.1) is 0 Å². The molecule has 0 saturated carbocycles. The van der Waals surface area contributed by atoms with Gasteiger partial charge in [0, 0.05) is 25.1 Å². The molecule has 9 heteroatoms. The Labute approximate surface area is 219 Å². The number of rotatable bonds is 6. The van der Waals surface area contributed by atoms with Gasteiger partial charge in [0.05, 0.1) is 26.8 Å². The van der Waals surface area contributed by atoms with Gasteiger partial charge in [0.15, 0.2) is 20.1 Å². The molecule has 2 heterocycles. The summed E-state index contributed by atoms with van der Waals surface area (Å²) in [6.45, 7) is 0.744. The van der Waals surface area contributed by atoms with Gasteiger partial charge in [-0.15, -0.1) is 0 Å². The topological polar surface area (TPSA) is 74.7 Å². The molecule has 3 aromatic carbocycles. The number of benzene rings is 3. The molecule has 1 aliphatic heterocycles. The van der Waals surface area contributed by atoms with E-state index in [2.05, 4.69) is 70.8 Å². The first-order chi connectivity index (χ1) is 17.3. The number of amidine groups is 1. The van der Waals surface area contributed by atoms with E-state index in [0.29, 0.717) is 16.2 Å². The van der Waals surface area contributed by atoms with Crippen LogP contribution in [0.15, 0.2) is 76.6 Å². The van der Waals surface area contributed by atoms with E-state index in [1.165, 1.54) is 34.3 Å². The Morgan fingerprint density at radius 3 is 2.72 bits per heavy atom. The lowest BCUT2D eigenvalue weighted by atomic mass is 10.1. The molecule has 2 aliphatic rings. The average Bonchev–Trinajstić information content (AvgIpc) is 3.51. The zero-order valence-electron chi connectivity index (χ0n) is 20.0. The molecule has 0 bridgehead atoms. The summed E-state index contributed by atoms with van der Waals surface area (Å²) >= 11 is 3.36. The van der Waals surface area contributed by atoms with Crippen molar-refractivity contribution in [2.24, 2.45) is 4.99 Å². The summed E-state index contributed by atoms with van der Waals surface area (Å²) in [6.07, 6.45) is 3.19. The van der Waals surface area contributed by atoms with Gasteiger partial charge in [-0.3, -0.25) is 0 Å². The average molecular weight is 535 g/mol. The minimum Gasteiger partial charge on any atom is -0.361 e. The number of thiazole rings is 1. The molecule has 184 valence electrons. The van der Waals surface area contributed by atoms with Gasteiger partial charge < -0.3 is 10.2 Å². The smallest absolute Gasteiger partial charge is 0.183 e. The predicted octanol–water partition coefficient (Wildman–Crippen LogP) is 5.69. The Balaban J connectivity index is 1.08. The van der Waals surface area contributed by atoms with Crippen LogP contribution in [0.5, 0.6) is 0 Å². The summed E-state index contributed by atoms with van der Waals surface area (Å²) in [5, 5.41) is 5.79. The van der Waals surface area contributed by atoms with Crippen LogP contribution in [0.3, 0.4) is 0 Å². The first-order valence-corrected chi connectivity index (χ1v) is 15.4. The maximum Gasteiger partial charge on any atom is 0.183 e. The van der Waals surface area contributed by atoms with E-state index >= 15 is 0 Å². The Morgan fingerprint density at radius 2 is 1.92 bits per heavy atom. The molecule has 6 rings (SSSR count). The lowest BCUT2D eigenvalue weighted by Crippen LogP contribution is -2.23. The molecule has 0 amide bonds. The molecule has 1 fully saturated rings. The number of anilines is 1. The molecule has 0 radical (unpaired) electrons. The van der Waals surface area contributed by atoms with Crippen molar-refractivity contribution in [3.05, 3.63) is 83.4 Å². The third-order valence-electron chi connectivity index (χ3n) is 6.76. The van der Waals surface area contributed by atoms with Crippen LogP contribution in [0.25, 0.3) is 10.2 Å². The van der Waals surface area contributed by atoms with Crippen LogP contribution in [-0.4, -0.2) is 48.6 Å². The summed E-state index contributed by atoms with van der Waals surface area (Å²) < 4.78 is 24.5. The molecule has 4 aromatic rings. The van der Waals surface area contributed by atoms with Crippen molar-refractivity contribution < 1.29 is 8.42 Å². The van der Waals surface area contributed by atoms with Crippen molar-refractivity contribution in [2.75, 3.05) is 25.2 Å². The molecular weight excluding hydrogens is 509 g/mol. The lowest BCUT2D eigenvalue weighted by Gasteiger charge is -2.21. The standard InChI is InChI=1S/C27H26N4O2S3/c1-31-25-21-6-4-3-5-18(21)15-24(25)35-27(31)29-19-9-7-17(8-10-19)13-14-28-26-30-22-12-11-20(36(2,32)33)16-23(22)34-26/h3-12,16,24-25H,13-15H2,1-2H3,(H,28,30)/t24?,25-/m0/s1. The predicted molar refractivity (Wildman–Crippen MR) is 150 cm³/mol. The third kappa shape index (κ3) is 4.51. The van der Waals surface area contributed by atoms with E-state index in [9.17, 15) is 8.42 Å². The zero-order chi connectivity index (χ0) is 24.9. The largest absolute Gasteiger partial charge is 0.361 e. The van der Waals surface area contributed by atoms with Gasteiger partial charge in [0.1, 0.15) is 0 Å². The van der Waals surface area contributed by atoms with Gasteiger partial charge in [-0.2, -0.15) is 0 Å². The fraction of sp³-hybridized carbons (Fsp3) is 0.259. The fourth-order valence-corrected chi connectivity index (χ4v) is 8.00. The van der Waals surface area contributed by atoms with Crippen LogP contribution in [-0.2, 0) is 22.7 Å². The quantitative estimate of drug-likeness (QED) is 0.343. The second kappa shape index (κ2) is 9.21. The van der Waals surface area contributed by atoms with Crippen molar-refractivity contribution in [1.29, 1.82) is 0 Å². The summed E-state index contributed by atoms with van der Waals surface area (Å²) in [7, 11) is -1.07. The third-order valence-corrected chi connectivity index (χ3v) is 10.2. The van der Waals surface area contributed by atoms with Crippen LogP contribution in [0.2, 0.25) is 0 Å². The highest BCUT2D eigenvalue weighted by molar-refractivity contribution is 8.14. The van der Waals surface area contributed by atoms with Crippen molar-refractivity contribution in [2.45, 2.75) is 29.0 Å². The second-order valence-corrected chi connectivity index (χ2v) is 13.5. The van der Waals surface area contributed by atoms with Crippen molar-refractivity contribution in [3.63, 3.8) is 0 Å².